The van der Waals surface area contributed by atoms with Crippen molar-refractivity contribution in [3.05, 3.63) is 81.5 Å². The van der Waals surface area contributed by atoms with Crippen LogP contribution in [0, 0.1) is 11.6 Å². The van der Waals surface area contributed by atoms with Crippen LogP contribution in [0.1, 0.15) is 34.7 Å². The van der Waals surface area contributed by atoms with Crippen LogP contribution >= 0.6 is 23.2 Å². The van der Waals surface area contributed by atoms with E-state index in [1.54, 1.807) is 17.0 Å². The van der Waals surface area contributed by atoms with Crippen LogP contribution in [-0.4, -0.2) is 41.9 Å². The second-order valence-electron chi connectivity index (χ2n) is 8.01. The average molecular weight is 542 g/mol. The number of amides is 1. The van der Waals surface area contributed by atoms with Crippen LogP contribution in [0.15, 0.2) is 53.7 Å². The molecule has 2 aromatic carbocycles. The fourth-order valence-electron chi connectivity index (χ4n) is 3.98. The van der Waals surface area contributed by atoms with E-state index in [4.69, 9.17) is 23.2 Å². The molecule has 1 aromatic heterocycles. The number of rotatable bonds is 5. The van der Waals surface area contributed by atoms with Crippen molar-refractivity contribution in [2.45, 2.75) is 23.8 Å². The molecule has 0 bridgehead atoms. The highest BCUT2D eigenvalue weighted by atomic mass is 35.5. The van der Waals surface area contributed by atoms with Crippen molar-refractivity contribution in [1.82, 2.24) is 9.88 Å². The molecule has 1 aliphatic heterocycles. The van der Waals surface area contributed by atoms with E-state index < -0.39 is 31.9 Å². The fourth-order valence-corrected chi connectivity index (χ4v) is 5.14. The predicted molar refractivity (Wildman–Crippen MR) is 128 cm³/mol. The van der Waals surface area contributed by atoms with Crippen molar-refractivity contribution in [2.75, 3.05) is 18.4 Å². The van der Waals surface area contributed by atoms with Crippen LogP contribution in [0.3, 0.4) is 0 Å². The number of aromatic nitrogens is 1. The second kappa shape index (κ2) is 10.1. The lowest BCUT2D eigenvalue weighted by Gasteiger charge is -2.32. The van der Waals surface area contributed by atoms with Crippen LogP contribution in [0.25, 0.3) is 0 Å². The van der Waals surface area contributed by atoms with Gasteiger partial charge in [0.2, 0.25) is 5.03 Å². The quantitative estimate of drug-likeness (QED) is 0.403. The van der Waals surface area contributed by atoms with Gasteiger partial charge < -0.3 is 10.2 Å². The Hall–Kier alpha value is -2.79. The summed E-state index contributed by atoms with van der Waals surface area (Å²) in [6.45, 7) is 0.737. The number of likely N-dealkylation sites (tertiary alicyclic amines) is 1. The summed E-state index contributed by atoms with van der Waals surface area (Å²) in [5, 5.41) is 1.34. The van der Waals surface area contributed by atoms with Crippen molar-refractivity contribution in [1.29, 1.82) is 0 Å². The number of piperidine rings is 1. The van der Waals surface area contributed by atoms with E-state index >= 15 is 0 Å². The SMILES string of the molecule is O=C(c1cnc(S(=O)(=O)O)c(Cl)c1Nc1ccc(Cl)cc1F)N1CCC(c2ccc(F)cc2)CC1. The molecule has 1 amide bonds. The molecule has 0 saturated carbocycles. The van der Waals surface area contributed by atoms with E-state index in [9.17, 15) is 26.5 Å². The molecular weight excluding hydrogens is 523 g/mol. The second-order valence-corrected chi connectivity index (χ2v) is 10.2. The normalized spacial score (nSPS) is 14.7. The number of hydrogen-bond acceptors (Lipinski definition) is 5. The van der Waals surface area contributed by atoms with Gasteiger partial charge in [0.15, 0.2) is 0 Å². The lowest BCUT2D eigenvalue weighted by atomic mass is 9.89. The molecular formula is C23H19Cl2F2N3O4S. The van der Waals surface area contributed by atoms with Gasteiger partial charge >= 0.3 is 10.1 Å². The van der Waals surface area contributed by atoms with Gasteiger partial charge in [-0.1, -0.05) is 35.3 Å². The Morgan fingerprint density at radius 2 is 1.74 bits per heavy atom. The van der Waals surface area contributed by atoms with Gasteiger partial charge in [-0.2, -0.15) is 8.42 Å². The highest BCUT2D eigenvalue weighted by Crippen LogP contribution is 2.36. The molecule has 7 nitrogen and oxygen atoms in total. The van der Waals surface area contributed by atoms with Crippen molar-refractivity contribution in [3.8, 4) is 0 Å². The first-order valence-electron chi connectivity index (χ1n) is 10.5. The average Bonchev–Trinajstić information content (AvgIpc) is 2.81. The van der Waals surface area contributed by atoms with E-state index in [0.29, 0.717) is 25.9 Å². The summed E-state index contributed by atoms with van der Waals surface area (Å²) >= 11 is 12.0. The lowest BCUT2D eigenvalue weighted by molar-refractivity contribution is 0.0713. The lowest BCUT2D eigenvalue weighted by Crippen LogP contribution is -2.38. The molecule has 1 aliphatic rings. The van der Waals surface area contributed by atoms with E-state index in [2.05, 4.69) is 10.3 Å². The molecule has 0 atom stereocenters. The summed E-state index contributed by atoms with van der Waals surface area (Å²) in [5.41, 5.74) is 0.535. The number of carbonyl (C=O) groups is 1. The van der Waals surface area contributed by atoms with E-state index in [0.717, 1.165) is 17.8 Å². The zero-order chi connectivity index (χ0) is 25.3. The number of nitrogens with zero attached hydrogens (tertiary/aromatic N) is 2. The van der Waals surface area contributed by atoms with Crippen LogP contribution in [0.2, 0.25) is 10.0 Å². The Morgan fingerprint density at radius 3 is 2.34 bits per heavy atom. The molecule has 2 N–H and O–H groups in total. The van der Waals surface area contributed by atoms with Gasteiger partial charge in [-0.25, -0.2) is 13.8 Å². The van der Waals surface area contributed by atoms with Crippen LogP contribution in [0.5, 0.6) is 0 Å². The largest absolute Gasteiger partial charge is 0.351 e. The number of hydrogen-bond donors (Lipinski definition) is 2. The molecule has 184 valence electrons. The first-order chi connectivity index (χ1) is 16.5. The van der Waals surface area contributed by atoms with E-state index in [1.807, 2.05) is 0 Å². The van der Waals surface area contributed by atoms with Gasteiger partial charge in [-0.15, -0.1) is 0 Å². The first kappa shape index (κ1) is 25.3. The maximum Gasteiger partial charge on any atom is 0.313 e. The van der Waals surface area contributed by atoms with Gasteiger partial charge in [0.05, 0.1) is 16.9 Å². The van der Waals surface area contributed by atoms with Crippen LogP contribution < -0.4 is 5.32 Å². The molecule has 3 aromatic rings. The summed E-state index contributed by atoms with van der Waals surface area (Å²) in [6.07, 6.45) is 2.21. The Kier molecular flexibility index (Phi) is 7.27. The summed E-state index contributed by atoms with van der Waals surface area (Å²) in [5.74, 6) is -1.45. The van der Waals surface area contributed by atoms with Crippen molar-refractivity contribution in [2.24, 2.45) is 0 Å². The molecule has 0 radical (unpaired) electrons. The van der Waals surface area contributed by atoms with Gasteiger partial charge in [0.1, 0.15) is 16.7 Å². The molecule has 2 heterocycles. The van der Waals surface area contributed by atoms with Crippen LogP contribution in [0.4, 0.5) is 20.2 Å². The molecule has 12 heteroatoms. The van der Waals surface area contributed by atoms with Gasteiger partial charge in [-0.05, 0) is 54.7 Å². The molecule has 0 spiro atoms. The standard InChI is InChI=1S/C23H19Cl2F2N3O4S/c24-15-3-6-19(18(27)11-15)29-21-17(12-28-22(20(21)25)35(32,33)34)23(31)30-9-7-14(8-10-30)13-1-4-16(26)5-2-13/h1-6,11-12,14H,7-10H2,(H,28,29)(H,32,33,34). The third kappa shape index (κ3) is 5.56. The third-order valence-corrected chi connectivity index (χ3v) is 7.29. The molecule has 4 rings (SSSR count). The van der Waals surface area contributed by atoms with Crippen molar-refractivity contribution >= 4 is 50.6 Å². The smallest absolute Gasteiger partial charge is 0.313 e. The van der Waals surface area contributed by atoms with Crippen molar-refractivity contribution in [3.63, 3.8) is 0 Å². The summed E-state index contributed by atoms with van der Waals surface area (Å²) in [7, 11) is -4.82. The predicted octanol–water partition coefficient (Wildman–Crippen LogP) is 5.68. The number of pyridine rings is 1. The zero-order valence-electron chi connectivity index (χ0n) is 18.0. The number of benzene rings is 2. The van der Waals surface area contributed by atoms with E-state index in [-0.39, 0.29) is 33.7 Å². The Morgan fingerprint density at radius 1 is 1.09 bits per heavy atom. The fraction of sp³-hybridized carbons (Fsp3) is 0.217. The molecule has 1 saturated heterocycles. The molecule has 1 fully saturated rings. The number of halogens is 4. The number of anilines is 2. The summed E-state index contributed by atoms with van der Waals surface area (Å²) in [4.78, 5) is 18.6. The highest BCUT2D eigenvalue weighted by molar-refractivity contribution is 7.85. The highest BCUT2D eigenvalue weighted by Gasteiger charge is 2.30. The molecule has 35 heavy (non-hydrogen) atoms. The third-order valence-electron chi connectivity index (χ3n) is 5.78. The summed E-state index contributed by atoms with van der Waals surface area (Å²) in [6, 6.07) is 9.95. The topological polar surface area (TPSA) is 99.6 Å². The minimum atomic E-state index is -4.82. The van der Waals surface area contributed by atoms with E-state index in [1.165, 1.54) is 24.3 Å². The maximum absolute atomic E-state index is 14.4. The van der Waals surface area contributed by atoms with Crippen molar-refractivity contribution < 1.29 is 26.5 Å². The monoisotopic (exact) mass is 541 g/mol. The Balaban J connectivity index is 1.63. The van der Waals surface area contributed by atoms with Gasteiger partial charge in [-0.3, -0.25) is 9.35 Å². The number of carbonyl (C=O) groups excluding carboxylic acids is 1. The van der Waals surface area contributed by atoms with Gasteiger partial charge in [0.25, 0.3) is 5.91 Å². The van der Waals surface area contributed by atoms with Gasteiger partial charge in [0, 0.05) is 24.3 Å². The number of nitrogens with one attached hydrogen (secondary N) is 1. The summed E-state index contributed by atoms with van der Waals surface area (Å²) < 4.78 is 60.6. The van der Waals surface area contributed by atoms with Crippen LogP contribution in [-0.2, 0) is 10.1 Å². The molecule has 0 unspecified atom stereocenters. The minimum Gasteiger partial charge on any atom is -0.351 e. The maximum atomic E-state index is 14.4. The molecule has 0 aliphatic carbocycles. The Labute approximate surface area is 210 Å². The minimum absolute atomic E-state index is 0.100. The zero-order valence-corrected chi connectivity index (χ0v) is 20.3. The first-order valence-corrected chi connectivity index (χ1v) is 12.7. The Bertz CT molecular complexity index is 1380.